The topological polar surface area (TPSA) is 67.6 Å². The SMILES string of the molecule is Nc1ccc(C2(c3n[nH]c(C4CCCC4)n3)CC2)cc1. The van der Waals surface area contributed by atoms with E-state index >= 15 is 0 Å². The number of anilines is 1. The summed E-state index contributed by atoms with van der Waals surface area (Å²) in [7, 11) is 0. The van der Waals surface area contributed by atoms with E-state index in [9.17, 15) is 0 Å². The first-order valence-corrected chi connectivity index (χ1v) is 7.57. The summed E-state index contributed by atoms with van der Waals surface area (Å²) >= 11 is 0. The van der Waals surface area contributed by atoms with Gasteiger partial charge in [0.15, 0.2) is 5.82 Å². The molecule has 20 heavy (non-hydrogen) atoms. The fourth-order valence-electron chi connectivity index (χ4n) is 3.44. The van der Waals surface area contributed by atoms with Crippen LogP contribution >= 0.6 is 0 Å². The molecule has 1 aromatic heterocycles. The van der Waals surface area contributed by atoms with Crippen molar-refractivity contribution in [1.82, 2.24) is 15.2 Å². The minimum Gasteiger partial charge on any atom is -0.399 e. The zero-order valence-electron chi connectivity index (χ0n) is 11.6. The van der Waals surface area contributed by atoms with Crippen molar-refractivity contribution in [3.05, 3.63) is 41.5 Å². The molecule has 2 aliphatic rings. The largest absolute Gasteiger partial charge is 0.399 e. The number of aromatic amines is 1. The second kappa shape index (κ2) is 4.33. The summed E-state index contributed by atoms with van der Waals surface area (Å²) in [5.74, 6) is 2.67. The molecule has 1 aromatic carbocycles. The van der Waals surface area contributed by atoms with E-state index in [2.05, 4.69) is 22.3 Å². The maximum absolute atomic E-state index is 5.78. The Bertz CT molecular complexity index is 604. The van der Waals surface area contributed by atoms with Crippen LogP contribution < -0.4 is 5.73 Å². The number of nitrogen functional groups attached to an aromatic ring is 1. The molecule has 2 fully saturated rings. The molecule has 4 heteroatoms. The third-order valence-corrected chi connectivity index (χ3v) is 4.89. The zero-order chi connectivity index (χ0) is 13.6. The Morgan fingerprint density at radius 2 is 1.80 bits per heavy atom. The summed E-state index contributed by atoms with van der Waals surface area (Å²) in [6.45, 7) is 0. The van der Waals surface area contributed by atoms with E-state index in [0.29, 0.717) is 5.92 Å². The molecule has 4 nitrogen and oxygen atoms in total. The van der Waals surface area contributed by atoms with Crippen LogP contribution in [-0.4, -0.2) is 15.2 Å². The molecule has 3 N–H and O–H groups in total. The number of hydrogen-bond donors (Lipinski definition) is 2. The van der Waals surface area contributed by atoms with E-state index in [-0.39, 0.29) is 5.41 Å². The molecule has 0 amide bonds. The highest BCUT2D eigenvalue weighted by Gasteiger charge is 2.49. The predicted octanol–water partition coefficient (Wildman–Crippen LogP) is 3.12. The maximum atomic E-state index is 5.78. The molecule has 4 rings (SSSR count). The molecule has 2 saturated carbocycles. The molecular weight excluding hydrogens is 248 g/mol. The molecule has 104 valence electrons. The first-order chi connectivity index (χ1) is 9.78. The second-order valence-corrected chi connectivity index (χ2v) is 6.23. The predicted molar refractivity (Wildman–Crippen MR) is 78.5 cm³/mol. The number of nitrogens with two attached hydrogens (primary N) is 1. The van der Waals surface area contributed by atoms with Crippen molar-refractivity contribution in [2.45, 2.75) is 49.9 Å². The Labute approximate surface area is 118 Å². The quantitative estimate of drug-likeness (QED) is 0.840. The molecule has 0 bridgehead atoms. The van der Waals surface area contributed by atoms with Gasteiger partial charge < -0.3 is 5.73 Å². The van der Waals surface area contributed by atoms with Crippen molar-refractivity contribution in [2.75, 3.05) is 5.73 Å². The van der Waals surface area contributed by atoms with E-state index in [0.717, 1.165) is 30.2 Å². The van der Waals surface area contributed by atoms with Gasteiger partial charge in [-0.1, -0.05) is 25.0 Å². The number of benzene rings is 1. The van der Waals surface area contributed by atoms with Crippen LogP contribution in [0.25, 0.3) is 0 Å². The Kier molecular flexibility index (Phi) is 2.59. The van der Waals surface area contributed by atoms with Gasteiger partial charge in [0.1, 0.15) is 5.82 Å². The molecule has 0 radical (unpaired) electrons. The highest BCUT2D eigenvalue weighted by Crippen LogP contribution is 2.52. The first kappa shape index (κ1) is 11.9. The summed E-state index contributed by atoms with van der Waals surface area (Å²) in [5, 5.41) is 7.72. The van der Waals surface area contributed by atoms with Crippen LogP contribution in [0.15, 0.2) is 24.3 Å². The molecule has 0 unspecified atom stereocenters. The molecule has 1 heterocycles. The molecule has 0 spiro atoms. The van der Waals surface area contributed by atoms with Crippen LogP contribution in [0.2, 0.25) is 0 Å². The smallest absolute Gasteiger partial charge is 0.161 e. The van der Waals surface area contributed by atoms with Gasteiger partial charge in [0.05, 0.1) is 5.41 Å². The van der Waals surface area contributed by atoms with Crippen molar-refractivity contribution in [3.63, 3.8) is 0 Å². The Morgan fingerprint density at radius 3 is 2.45 bits per heavy atom. The van der Waals surface area contributed by atoms with Crippen molar-refractivity contribution in [1.29, 1.82) is 0 Å². The van der Waals surface area contributed by atoms with Gasteiger partial charge in [-0.2, -0.15) is 5.10 Å². The van der Waals surface area contributed by atoms with Crippen LogP contribution in [-0.2, 0) is 5.41 Å². The van der Waals surface area contributed by atoms with E-state index in [1.807, 2.05) is 12.1 Å². The zero-order valence-corrected chi connectivity index (χ0v) is 11.6. The number of nitrogens with zero attached hydrogens (tertiary/aromatic N) is 2. The summed E-state index contributed by atoms with van der Waals surface area (Å²) in [4.78, 5) is 4.83. The van der Waals surface area contributed by atoms with Gasteiger partial charge in [0, 0.05) is 11.6 Å². The van der Waals surface area contributed by atoms with Crippen molar-refractivity contribution in [3.8, 4) is 0 Å². The molecule has 0 saturated heterocycles. The van der Waals surface area contributed by atoms with E-state index in [1.165, 1.54) is 31.2 Å². The van der Waals surface area contributed by atoms with Crippen LogP contribution in [0.4, 0.5) is 5.69 Å². The molecule has 2 aromatic rings. The molecule has 0 aliphatic heterocycles. The summed E-state index contributed by atoms with van der Waals surface area (Å²) in [6, 6.07) is 8.18. The van der Waals surface area contributed by atoms with Crippen molar-refractivity contribution >= 4 is 5.69 Å². The standard InChI is InChI=1S/C16H20N4/c17-13-7-5-12(6-8-13)16(9-10-16)15-18-14(19-20-15)11-3-1-2-4-11/h5-8,11H,1-4,9-10,17H2,(H,18,19,20). The number of rotatable bonds is 3. The lowest BCUT2D eigenvalue weighted by Crippen LogP contribution is -2.11. The van der Waals surface area contributed by atoms with Gasteiger partial charge in [-0.3, -0.25) is 5.10 Å². The third kappa shape index (κ3) is 1.82. The van der Waals surface area contributed by atoms with Gasteiger partial charge >= 0.3 is 0 Å². The van der Waals surface area contributed by atoms with Crippen LogP contribution in [0, 0.1) is 0 Å². The van der Waals surface area contributed by atoms with Gasteiger partial charge in [0.2, 0.25) is 0 Å². The molecular formula is C16H20N4. The lowest BCUT2D eigenvalue weighted by molar-refractivity contribution is 0.669. The van der Waals surface area contributed by atoms with Crippen LogP contribution in [0.5, 0.6) is 0 Å². The van der Waals surface area contributed by atoms with Gasteiger partial charge in [-0.05, 0) is 43.4 Å². The molecule has 2 aliphatic carbocycles. The van der Waals surface area contributed by atoms with E-state index in [4.69, 9.17) is 10.7 Å². The third-order valence-electron chi connectivity index (χ3n) is 4.89. The Morgan fingerprint density at radius 1 is 1.10 bits per heavy atom. The normalized spacial score (nSPS) is 21.2. The lowest BCUT2D eigenvalue weighted by Gasteiger charge is -2.11. The summed E-state index contributed by atoms with van der Waals surface area (Å²) in [5.41, 5.74) is 7.93. The van der Waals surface area contributed by atoms with Gasteiger partial charge in [-0.15, -0.1) is 0 Å². The summed E-state index contributed by atoms with van der Waals surface area (Å²) < 4.78 is 0. The highest BCUT2D eigenvalue weighted by atomic mass is 15.2. The lowest BCUT2D eigenvalue weighted by atomic mass is 9.95. The average molecular weight is 268 g/mol. The van der Waals surface area contributed by atoms with Crippen LogP contribution in [0.3, 0.4) is 0 Å². The Balaban J connectivity index is 1.65. The molecule has 0 atom stereocenters. The Hall–Kier alpha value is -1.84. The number of H-pyrrole nitrogens is 1. The van der Waals surface area contributed by atoms with Crippen LogP contribution in [0.1, 0.15) is 61.7 Å². The monoisotopic (exact) mass is 268 g/mol. The van der Waals surface area contributed by atoms with Gasteiger partial charge in [0.25, 0.3) is 0 Å². The fraction of sp³-hybridized carbons (Fsp3) is 0.500. The van der Waals surface area contributed by atoms with E-state index < -0.39 is 0 Å². The maximum Gasteiger partial charge on any atom is 0.161 e. The second-order valence-electron chi connectivity index (χ2n) is 6.23. The van der Waals surface area contributed by atoms with Crippen molar-refractivity contribution < 1.29 is 0 Å². The number of hydrogen-bond acceptors (Lipinski definition) is 3. The minimum absolute atomic E-state index is 0.0427. The van der Waals surface area contributed by atoms with Gasteiger partial charge in [-0.25, -0.2) is 4.98 Å². The number of aromatic nitrogens is 3. The highest BCUT2D eigenvalue weighted by molar-refractivity contribution is 5.46. The fourth-order valence-corrected chi connectivity index (χ4v) is 3.44. The van der Waals surface area contributed by atoms with Crippen molar-refractivity contribution in [2.24, 2.45) is 0 Å². The number of nitrogens with one attached hydrogen (secondary N) is 1. The average Bonchev–Trinajstić information content (AvgIpc) is 2.93. The summed E-state index contributed by atoms with van der Waals surface area (Å²) in [6.07, 6.45) is 7.43. The minimum atomic E-state index is 0.0427. The van der Waals surface area contributed by atoms with E-state index in [1.54, 1.807) is 0 Å². The first-order valence-electron chi connectivity index (χ1n) is 7.57.